The van der Waals surface area contributed by atoms with E-state index in [2.05, 4.69) is 16.0 Å². The maximum atomic E-state index is 13.6. The number of carboxylic acids is 1. The van der Waals surface area contributed by atoms with Crippen molar-refractivity contribution in [1.82, 2.24) is 5.32 Å². The molecule has 5 aromatic rings. The molecule has 0 fully saturated rings. The average Bonchev–Trinajstić information content (AvgIpc) is 3.11. The fourth-order valence-electron chi connectivity index (χ4n) is 4.63. The van der Waals surface area contributed by atoms with Gasteiger partial charge in [0, 0.05) is 21.8 Å². The summed E-state index contributed by atoms with van der Waals surface area (Å²) in [6.07, 6.45) is 1.57. The summed E-state index contributed by atoms with van der Waals surface area (Å²) in [6, 6.07) is 37.9. The third-order valence-electron chi connectivity index (χ3n) is 7.02. The van der Waals surface area contributed by atoms with Crippen LogP contribution >= 0.6 is 11.8 Å². The molecule has 0 aliphatic carbocycles. The largest absolute Gasteiger partial charge is 0.497 e. The van der Waals surface area contributed by atoms with E-state index in [4.69, 9.17) is 4.74 Å². The van der Waals surface area contributed by atoms with Crippen LogP contribution in [0.4, 0.5) is 11.4 Å². The van der Waals surface area contributed by atoms with E-state index in [1.165, 1.54) is 36.0 Å². The predicted molar refractivity (Wildman–Crippen MR) is 187 cm³/mol. The third-order valence-corrected chi connectivity index (χ3v) is 8.27. The fraction of sp³-hybridized carbons (Fsp3) is 0.0526. The first-order valence-corrected chi connectivity index (χ1v) is 15.7. The minimum Gasteiger partial charge on any atom is -0.497 e. The maximum Gasteiger partial charge on any atom is 0.335 e. The lowest BCUT2D eigenvalue weighted by atomic mass is 10.1. The summed E-state index contributed by atoms with van der Waals surface area (Å²) in [4.78, 5) is 52.2. The van der Waals surface area contributed by atoms with Crippen LogP contribution in [0, 0.1) is 0 Å². The maximum absolute atomic E-state index is 13.6. The standard InChI is InChI=1S/C38H31N3O6S/c1-47-31-16-8-10-25(22-31)23-33(41-35(42)27-13-6-3-7-14-27)36(43)40-30-15-9-17-32(24-30)48-34(26-11-4-2-5-12-26)37(44)39-29-20-18-28(19-21-29)38(45)46/h2-24,34H,1H3,(H,39,44)(H,40,43)(H,41,42)(H,45,46)/b33-23-. The monoisotopic (exact) mass is 657 g/mol. The molecule has 0 saturated carbocycles. The second-order valence-corrected chi connectivity index (χ2v) is 11.6. The Balaban J connectivity index is 1.37. The van der Waals surface area contributed by atoms with Gasteiger partial charge < -0.3 is 25.8 Å². The number of hydrogen-bond donors (Lipinski definition) is 4. The number of hydrogen-bond acceptors (Lipinski definition) is 6. The van der Waals surface area contributed by atoms with Gasteiger partial charge in [0.2, 0.25) is 5.91 Å². The molecule has 0 aromatic heterocycles. The van der Waals surface area contributed by atoms with Crippen molar-refractivity contribution in [3.63, 3.8) is 0 Å². The van der Waals surface area contributed by atoms with Crippen molar-refractivity contribution >= 4 is 52.9 Å². The van der Waals surface area contributed by atoms with Crippen LogP contribution in [0.2, 0.25) is 0 Å². The summed E-state index contributed by atoms with van der Waals surface area (Å²) in [5.41, 5.74) is 2.83. The van der Waals surface area contributed by atoms with Gasteiger partial charge in [-0.15, -0.1) is 11.8 Å². The summed E-state index contributed by atoms with van der Waals surface area (Å²) in [5.74, 6) is -1.77. The molecule has 5 rings (SSSR count). The number of benzene rings is 5. The smallest absolute Gasteiger partial charge is 0.335 e. The van der Waals surface area contributed by atoms with Crippen molar-refractivity contribution in [2.75, 3.05) is 17.7 Å². The van der Waals surface area contributed by atoms with E-state index >= 15 is 0 Å². The molecule has 0 heterocycles. The first-order valence-electron chi connectivity index (χ1n) is 14.8. The Labute approximate surface area is 281 Å². The van der Waals surface area contributed by atoms with E-state index in [0.717, 1.165) is 5.56 Å². The van der Waals surface area contributed by atoms with Gasteiger partial charge in [0.1, 0.15) is 16.7 Å². The van der Waals surface area contributed by atoms with Crippen LogP contribution in [0.25, 0.3) is 6.08 Å². The average molecular weight is 658 g/mol. The first-order chi connectivity index (χ1) is 23.3. The second kappa shape index (κ2) is 15.9. The van der Waals surface area contributed by atoms with Crippen LogP contribution in [0.3, 0.4) is 0 Å². The minimum absolute atomic E-state index is 0.0191. The lowest BCUT2D eigenvalue weighted by Gasteiger charge is -2.18. The SMILES string of the molecule is COc1cccc(/C=C(\NC(=O)c2ccccc2)C(=O)Nc2cccc(SC(C(=O)Nc3ccc(C(=O)O)cc3)c3ccccc3)c2)c1. The molecule has 0 aliphatic heterocycles. The van der Waals surface area contributed by atoms with E-state index in [9.17, 15) is 24.3 Å². The summed E-state index contributed by atoms with van der Waals surface area (Å²) in [7, 11) is 1.54. The van der Waals surface area contributed by atoms with Crippen LogP contribution in [-0.4, -0.2) is 35.9 Å². The van der Waals surface area contributed by atoms with Gasteiger partial charge in [-0.2, -0.15) is 0 Å². The Morgan fingerprint density at radius 2 is 1.40 bits per heavy atom. The Kier molecular flexibility index (Phi) is 11.0. The Morgan fingerprint density at radius 3 is 2.08 bits per heavy atom. The Hall–Kier alpha value is -6.13. The number of nitrogens with one attached hydrogen (secondary N) is 3. The van der Waals surface area contributed by atoms with E-state index in [-0.39, 0.29) is 17.2 Å². The molecular formula is C38H31N3O6S. The molecule has 0 radical (unpaired) electrons. The van der Waals surface area contributed by atoms with Crippen LogP contribution < -0.4 is 20.7 Å². The van der Waals surface area contributed by atoms with Gasteiger partial charge in [0.15, 0.2) is 0 Å². The number of carbonyl (C=O) groups is 4. The van der Waals surface area contributed by atoms with Gasteiger partial charge in [-0.1, -0.05) is 66.7 Å². The summed E-state index contributed by atoms with van der Waals surface area (Å²) in [6.45, 7) is 0. The number of ether oxygens (including phenoxy) is 1. The van der Waals surface area contributed by atoms with E-state index in [1.807, 2.05) is 36.4 Å². The lowest BCUT2D eigenvalue weighted by Crippen LogP contribution is -2.30. The molecule has 0 spiro atoms. The quantitative estimate of drug-likeness (QED) is 0.0819. The highest BCUT2D eigenvalue weighted by atomic mass is 32.2. The van der Waals surface area contributed by atoms with Gasteiger partial charge >= 0.3 is 5.97 Å². The molecule has 0 saturated heterocycles. The van der Waals surface area contributed by atoms with E-state index in [0.29, 0.717) is 33.1 Å². The molecule has 48 heavy (non-hydrogen) atoms. The number of anilines is 2. The number of thioether (sulfide) groups is 1. The van der Waals surface area contributed by atoms with Crippen LogP contribution in [-0.2, 0) is 9.59 Å². The van der Waals surface area contributed by atoms with Crippen LogP contribution in [0.15, 0.2) is 144 Å². The van der Waals surface area contributed by atoms with Gasteiger partial charge in [-0.25, -0.2) is 4.79 Å². The van der Waals surface area contributed by atoms with Gasteiger partial charge in [0.05, 0.1) is 12.7 Å². The van der Waals surface area contributed by atoms with Crippen molar-refractivity contribution in [3.05, 3.63) is 161 Å². The Bertz CT molecular complexity index is 1950. The predicted octanol–water partition coefficient (Wildman–Crippen LogP) is 7.28. The number of carbonyl (C=O) groups excluding carboxylic acids is 3. The van der Waals surface area contributed by atoms with E-state index < -0.39 is 23.0 Å². The molecule has 10 heteroatoms. The number of carboxylic acid groups (broad SMARTS) is 1. The highest BCUT2D eigenvalue weighted by Gasteiger charge is 2.23. The minimum atomic E-state index is -1.06. The number of aromatic carboxylic acids is 1. The van der Waals surface area contributed by atoms with Gasteiger partial charge in [0.25, 0.3) is 11.8 Å². The molecule has 1 atom stereocenters. The number of methoxy groups -OCH3 is 1. The molecule has 0 bridgehead atoms. The summed E-state index contributed by atoms with van der Waals surface area (Å²) < 4.78 is 5.31. The molecule has 9 nitrogen and oxygen atoms in total. The number of rotatable bonds is 12. The van der Waals surface area contributed by atoms with Crippen molar-refractivity contribution in [2.45, 2.75) is 10.1 Å². The third kappa shape index (κ3) is 8.99. The summed E-state index contributed by atoms with van der Waals surface area (Å²) >= 11 is 1.29. The fourth-order valence-corrected chi connectivity index (χ4v) is 5.71. The van der Waals surface area contributed by atoms with Gasteiger partial charge in [-0.3, -0.25) is 14.4 Å². The second-order valence-electron chi connectivity index (χ2n) is 10.4. The number of amides is 3. The highest BCUT2D eigenvalue weighted by Crippen LogP contribution is 2.37. The first kappa shape index (κ1) is 33.2. The van der Waals surface area contributed by atoms with Crippen molar-refractivity contribution in [2.24, 2.45) is 0 Å². The zero-order valence-electron chi connectivity index (χ0n) is 25.8. The van der Waals surface area contributed by atoms with E-state index in [1.54, 1.807) is 86.0 Å². The normalized spacial score (nSPS) is 11.6. The highest BCUT2D eigenvalue weighted by molar-refractivity contribution is 8.00. The zero-order valence-corrected chi connectivity index (χ0v) is 26.6. The topological polar surface area (TPSA) is 134 Å². The molecule has 1 unspecified atom stereocenters. The zero-order chi connectivity index (χ0) is 33.9. The van der Waals surface area contributed by atoms with Crippen molar-refractivity contribution < 1.29 is 29.0 Å². The molecule has 0 aliphatic rings. The Morgan fingerprint density at radius 1 is 0.708 bits per heavy atom. The molecule has 240 valence electrons. The van der Waals surface area contributed by atoms with Gasteiger partial charge in [-0.05, 0) is 83.9 Å². The molecular weight excluding hydrogens is 626 g/mol. The lowest BCUT2D eigenvalue weighted by molar-refractivity contribution is -0.116. The van der Waals surface area contributed by atoms with Crippen molar-refractivity contribution in [1.29, 1.82) is 0 Å². The van der Waals surface area contributed by atoms with Crippen LogP contribution in [0.1, 0.15) is 37.1 Å². The molecule has 4 N–H and O–H groups in total. The van der Waals surface area contributed by atoms with Crippen LogP contribution in [0.5, 0.6) is 5.75 Å². The summed E-state index contributed by atoms with van der Waals surface area (Å²) in [5, 5.41) is 17.0. The van der Waals surface area contributed by atoms with Crippen molar-refractivity contribution in [3.8, 4) is 5.75 Å². The molecule has 5 aromatic carbocycles. The molecule has 3 amide bonds.